The fourth-order valence-electron chi connectivity index (χ4n) is 4.70. The Kier molecular flexibility index (Phi) is 4.53. The van der Waals surface area contributed by atoms with Gasteiger partial charge in [0.15, 0.2) is 5.82 Å². The van der Waals surface area contributed by atoms with Crippen molar-refractivity contribution in [2.24, 2.45) is 0 Å². The molecule has 152 valence electrons. The molecule has 0 saturated heterocycles. The molecule has 0 saturated carbocycles. The third-order valence-corrected chi connectivity index (χ3v) is 6.77. The highest BCUT2D eigenvalue weighted by Gasteiger charge is 2.22. The van der Waals surface area contributed by atoms with Crippen molar-refractivity contribution in [3.05, 3.63) is 95.1 Å². The number of aromatic nitrogens is 3. The third-order valence-electron chi connectivity index (χ3n) is 6.24. The average molecular weight is 468 g/mol. The van der Waals surface area contributed by atoms with Crippen LogP contribution >= 0.6 is 15.9 Å². The SMILES string of the molecule is Brc1ccc(-c2nn3cc(-c4ccc(-c5ccccc5)cc4)c4c3n2CCCC4)cc1. The van der Waals surface area contributed by atoms with Gasteiger partial charge in [0, 0.05) is 33.9 Å². The van der Waals surface area contributed by atoms with Crippen LogP contribution in [0.3, 0.4) is 0 Å². The Labute approximate surface area is 190 Å². The largest absolute Gasteiger partial charge is 0.309 e. The molecule has 0 unspecified atom stereocenters. The first kappa shape index (κ1) is 18.6. The van der Waals surface area contributed by atoms with Gasteiger partial charge in [-0.3, -0.25) is 0 Å². The van der Waals surface area contributed by atoms with E-state index < -0.39 is 0 Å². The minimum atomic E-state index is 1.01. The Morgan fingerprint density at radius 2 is 1.39 bits per heavy atom. The molecule has 0 amide bonds. The Hall–Kier alpha value is -3.11. The van der Waals surface area contributed by atoms with Crippen molar-refractivity contribution in [3.63, 3.8) is 0 Å². The van der Waals surface area contributed by atoms with Gasteiger partial charge in [0.2, 0.25) is 0 Å². The molecule has 0 atom stereocenters. The van der Waals surface area contributed by atoms with Crippen LogP contribution in [-0.4, -0.2) is 14.2 Å². The van der Waals surface area contributed by atoms with E-state index in [1.54, 1.807) is 0 Å². The number of aryl methyl sites for hydroxylation is 2. The molecule has 4 heteroatoms. The van der Waals surface area contributed by atoms with Crippen molar-refractivity contribution in [2.45, 2.75) is 25.8 Å². The van der Waals surface area contributed by atoms with Crippen molar-refractivity contribution in [1.82, 2.24) is 14.2 Å². The zero-order valence-corrected chi connectivity index (χ0v) is 18.7. The fourth-order valence-corrected chi connectivity index (χ4v) is 4.97. The van der Waals surface area contributed by atoms with Gasteiger partial charge in [-0.15, -0.1) is 5.10 Å². The molecular weight excluding hydrogens is 446 g/mol. The first-order chi connectivity index (χ1) is 15.3. The van der Waals surface area contributed by atoms with Gasteiger partial charge < -0.3 is 4.57 Å². The number of nitrogens with zero attached hydrogens (tertiary/aromatic N) is 3. The normalized spacial score (nSPS) is 13.5. The maximum absolute atomic E-state index is 5.00. The summed E-state index contributed by atoms with van der Waals surface area (Å²) >= 11 is 3.54. The Balaban J connectivity index is 1.46. The van der Waals surface area contributed by atoms with Crippen molar-refractivity contribution in [1.29, 1.82) is 0 Å². The molecule has 1 aliphatic rings. The van der Waals surface area contributed by atoms with E-state index in [-0.39, 0.29) is 0 Å². The molecule has 0 fully saturated rings. The summed E-state index contributed by atoms with van der Waals surface area (Å²) in [4.78, 5) is 0. The monoisotopic (exact) mass is 467 g/mol. The summed E-state index contributed by atoms with van der Waals surface area (Å²) in [5.41, 5.74) is 8.89. The van der Waals surface area contributed by atoms with E-state index in [1.807, 2.05) is 0 Å². The zero-order valence-electron chi connectivity index (χ0n) is 17.1. The number of hydrogen-bond donors (Lipinski definition) is 0. The molecule has 0 bridgehead atoms. The zero-order chi connectivity index (χ0) is 20.8. The smallest absolute Gasteiger partial charge is 0.162 e. The fraction of sp³-hybridized carbons (Fsp3) is 0.148. The molecule has 3 heterocycles. The second kappa shape index (κ2) is 7.54. The molecule has 1 aliphatic heterocycles. The van der Waals surface area contributed by atoms with E-state index in [0.29, 0.717) is 0 Å². The summed E-state index contributed by atoms with van der Waals surface area (Å²) in [7, 11) is 0. The maximum atomic E-state index is 5.00. The number of rotatable bonds is 3. The average Bonchev–Trinajstić information content (AvgIpc) is 3.25. The highest BCUT2D eigenvalue weighted by atomic mass is 79.9. The summed E-state index contributed by atoms with van der Waals surface area (Å²) in [6.07, 6.45) is 5.69. The van der Waals surface area contributed by atoms with E-state index in [0.717, 1.165) is 28.8 Å². The summed E-state index contributed by atoms with van der Waals surface area (Å²) in [5, 5.41) is 5.00. The van der Waals surface area contributed by atoms with Crippen molar-refractivity contribution >= 4 is 21.6 Å². The van der Waals surface area contributed by atoms with Crippen LogP contribution in [0.25, 0.3) is 39.3 Å². The van der Waals surface area contributed by atoms with E-state index in [1.165, 1.54) is 46.3 Å². The topological polar surface area (TPSA) is 22.2 Å². The van der Waals surface area contributed by atoms with Gasteiger partial charge in [0.25, 0.3) is 0 Å². The lowest BCUT2D eigenvalue weighted by Gasteiger charge is -2.07. The summed E-state index contributed by atoms with van der Waals surface area (Å²) in [5.74, 6) is 1.05. The Bertz CT molecular complexity index is 1360. The van der Waals surface area contributed by atoms with Crippen LogP contribution in [0.2, 0.25) is 0 Å². The lowest BCUT2D eigenvalue weighted by Crippen LogP contribution is -1.99. The van der Waals surface area contributed by atoms with Crippen molar-refractivity contribution < 1.29 is 0 Å². The van der Waals surface area contributed by atoms with E-state index >= 15 is 0 Å². The lowest BCUT2D eigenvalue weighted by atomic mass is 9.98. The van der Waals surface area contributed by atoms with Gasteiger partial charge in [-0.2, -0.15) is 0 Å². The van der Waals surface area contributed by atoms with Crippen LogP contribution in [0.5, 0.6) is 0 Å². The molecule has 6 rings (SSSR count). The van der Waals surface area contributed by atoms with Gasteiger partial charge in [0.05, 0.1) is 0 Å². The number of hydrogen-bond acceptors (Lipinski definition) is 1. The van der Waals surface area contributed by atoms with Gasteiger partial charge in [-0.05, 0) is 48.1 Å². The summed E-state index contributed by atoms with van der Waals surface area (Å²) < 4.78 is 5.60. The highest BCUT2D eigenvalue weighted by Crippen LogP contribution is 2.35. The highest BCUT2D eigenvalue weighted by molar-refractivity contribution is 9.10. The second-order valence-electron chi connectivity index (χ2n) is 8.17. The van der Waals surface area contributed by atoms with Gasteiger partial charge in [-0.25, -0.2) is 4.52 Å². The van der Waals surface area contributed by atoms with Crippen LogP contribution in [0, 0.1) is 0 Å². The second-order valence-corrected chi connectivity index (χ2v) is 9.09. The van der Waals surface area contributed by atoms with Crippen LogP contribution in [0.15, 0.2) is 89.5 Å². The molecule has 0 N–H and O–H groups in total. The molecule has 3 nitrogen and oxygen atoms in total. The van der Waals surface area contributed by atoms with Crippen LogP contribution in [-0.2, 0) is 13.0 Å². The van der Waals surface area contributed by atoms with Crippen LogP contribution < -0.4 is 0 Å². The first-order valence-electron chi connectivity index (χ1n) is 10.8. The predicted molar refractivity (Wildman–Crippen MR) is 130 cm³/mol. The number of halogens is 1. The Morgan fingerprint density at radius 1 is 0.710 bits per heavy atom. The minimum absolute atomic E-state index is 1.01. The van der Waals surface area contributed by atoms with E-state index in [9.17, 15) is 0 Å². The third kappa shape index (κ3) is 3.22. The first-order valence-corrected chi connectivity index (χ1v) is 11.6. The molecule has 2 aromatic heterocycles. The molecular formula is C27H22BrN3. The van der Waals surface area contributed by atoms with E-state index in [2.05, 4.69) is 110 Å². The molecule has 3 aromatic carbocycles. The Morgan fingerprint density at radius 3 is 2.16 bits per heavy atom. The molecule has 0 aliphatic carbocycles. The van der Waals surface area contributed by atoms with Crippen molar-refractivity contribution in [3.8, 4) is 33.6 Å². The van der Waals surface area contributed by atoms with Crippen molar-refractivity contribution in [2.75, 3.05) is 0 Å². The van der Waals surface area contributed by atoms with Crippen LogP contribution in [0.4, 0.5) is 0 Å². The predicted octanol–water partition coefficient (Wildman–Crippen LogP) is 7.24. The van der Waals surface area contributed by atoms with Crippen LogP contribution in [0.1, 0.15) is 18.4 Å². The molecule has 31 heavy (non-hydrogen) atoms. The molecule has 0 radical (unpaired) electrons. The standard InChI is InChI=1S/C27H22BrN3/c28-23-15-13-22(14-16-23)26-29-31-18-25(24-8-4-5-17-30(26)27(24)31)21-11-9-20(10-12-21)19-6-2-1-3-7-19/h1-3,6-7,9-16,18H,4-5,8,17H2. The summed E-state index contributed by atoms with van der Waals surface area (Å²) in [6.45, 7) is 1.01. The van der Waals surface area contributed by atoms with E-state index in [4.69, 9.17) is 5.10 Å². The lowest BCUT2D eigenvalue weighted by molar-refractivity contribution is 0.645. The van der Waals surface area contributed by atoms with Gasteiger partial charge in [0.1, 0.15) is 5.65 Å². The number of benzene rings is 3. The quantitative estimate of drug-likeness (QED) is 0.274. The maximum Gasteiger partial charge on any atom is 0.162 e. The minimum Gasteiger partial charge on any atom is -0.309 e. The molecule has 0 spiro atoms. The summed E-state index contributed by atoms with van der Waals surface area (Å²) in [6, 6.07) is 28.0. The van der Waals surface area contributed by atoms with Gasteiger partial charge >= 0.3 is 0 Å². The molecule has 5 aromatic rings. The van der Waals surface area contributed by atoms with Gasteiger partial charge in [-0.1, -0.05) is 82.7 Å².